The Morgan fingerprint density at radius 3 is 1.07 bits per heavy atom. The van der Waals surface area contributed by atoms with Crippen LogP contribution >= 0.6 is 0 Å². The van der Waals surface area contributed by atoms with Crippen molar-refractivity contribution in [3.8, 4) is 0 Å². The van der Waals surface area contributed by atoms with Gasteiger partial charge in [0.25, 0.3) is 0 Å². The molecule has 0 aliphatic heterocycles. The topological polar surface area (TPSA) is 0 Å². The quantitative estimate of drug-likeness (QED) is 0.0410. The van der Waals surface area contributed by atoms with Crippen LogP contribution in [-0.4, -0.2) is 0 Å². The predicted octanol–water partition coefficient (Wildman–Crippen LogP) is 27.0. The molecule has 0 nitrogen and oxygen atoms in total. The summed E-state index contributed by atoms with van der Waals surface area (Å²) in [7, 11) is 0. The maximum Gasteiger partial charge on any atom is 0.129 e. The van der Waals surface area contributed by atoms with Crippen molar-refractivity contribution in [3.05, 3.63) is 352 Å². The molecule has 97 heavy (non-hydrogen) atoms. The zero-order chi connectivity index (χ0) is 71.7. The number of hydrogen-bond donors (Lipinski definition) is 0. The number of hydrogen-bond acceptors (Lipinski definition) is 0. The van der Waals surface area contributed by atoms with E-state index in [1.807, 2.05) is 12.2 Å². The zero-order valence-corrected chi connectivity index (χ0v) is 63.1. The van der Waals surface area contributed by atoms with Crippen LogP contribution in [0.1, 0.15) is 280 Å². The van der Waals surface area contributed by atoms with Crippen LogP contribution in [0.15, 0.2) is 207 Å². The Hall–Kier alpha value is -7.28. The van der Waals surface area contributed by atoms with Crippen molar-refractivity contribution in [2.24, 2.45) is 0 Å². The van der Waals surface area contributed by atoms with Crippen molar-refractivity contribution in [1.82, 2.24) is 0 Å². The summed E-state index contributed by atoms with van der Waals surface area (Å²) in [4.78, 5) is 0. The Labute approximate surface area is 594 Å². The van der Waals surface area contributed by atoms with Gasteiger partial charge < -0.3 is 27.7 Å². The van der Waals surface area contributed by atoms with Crippen molar-refractivity contribution in [3.63, 3.8) is 0 Å². The van der Waals surface area contributed by atoms with Crippen LogP contribution in [0.25, 0.3) is 12.2 Å². The molecule has 8 rings (SSSR count). The molecule has 8 aromatic rings. The first-order valence-electron chi connectivity index (χ1n) is 36.0. The van der Waals surface area contributed by atoms with E-state index >= 15 is 0 Å². The third-order valence-electron chi connectivity index (χ3n) is 22.0. The van der Waals surface area contributed by atoms with E-state index in [0.29, 0.717) is 5.92 Å². The van der Waals surface area contributed by atoms with Gasteiger partial charge in [-0.15, -0.1) is 17.3 Å². The molecule has 6 atom stereocenters. The van der Waals surface area contributed by atoms with Crippen LogP contribution in [-0.2, 0) is 43.3 Å². The van der Waals surface area contributed by atoms with Crippen molar-refractivity contribution >= 4 is 12.2 Å². The Bertz CT molecular complexity index is 3720. The first-order chi connectivity index (χ1) is 45.2. The van der Waals surface area contributed by atoms with E-state index in [9.17, 15) is 0 Å². The lowest BCUT2D eigenvalue weighted by Crippen LogP contribution is -2.26. The van der Waals surface area contributed by atoms with Crippen molar-refractivity contribution in [1.29, 1.82) is 0 Å². The molecule has 0 saturated carbocycles. The Morgan fingerprint density at radius 1 is 0.361 bits per heavy atom. The molecule has 0 fully saturated rings. The molecule has 8 aromatic carbocycles. The fourth-order valence-electron chi connectivity index (χ4n) is 14.3. The van der Waals surface area contributed by atoms with E-state index < -0.39 is 0 Å². The molecule has 0 aliphatic rings. The predicted molar refractivity (Wildman–Crippen MR) is 428 cm³/mol. The second-order valence-electron chi connectivity index (χ2n) is 33.9. The number of rotatable bonds is 29. The van der Waals surface area contributed by atoms with Gasteiger partial charge in [0.2, 0.25) is 0 Å². The van der Waals surface area contributed by atoms with E-state index in [1.165, 1.54) is 83.5 Å². The van der Waals surface area contributed by atoms with Crippen LogP contribution in [0.2, 0.25) is 0 Å². The van der Waals surface area contributed by atoms with Gasteiger partial charge in [0.05, 0.1) is 34.1 Å². The molecule has 6 unspecified atom stereocenters. The molecule has 510 valence electrons. The standard InChI is InChI=1S/C71H88.C26H34/c1-20-52-22-34-61(35-23-52)70(16,17)48-65(57-30-42-62(43-31-57)69(14,15)47-50(3)54-26-38-59(39-27-54)67(8,9)10)64(46-21-49(2)53-24-36-58(37-25-53)66(5,6)7)56-32-44-63(45-33-56)71(18,19)51(4)55-28-40-60(41-29-55)68(11,12)13;1-8-20-11-15-24(16-12-20)26(6,7)19-21(9-2)22-13-17-23(18-14-22)25(4,5)10-3/h20,22-45,49-51,64-65H,1-5,8,11,21,46-48H2,6-7,9-10,12-19H3;8,11-18,21H,1-3,9-10,19H2,4-7H3. The summed E-state index contributed by atoms with van der Waals surface area (Å²) >= 11 is 0. The minimum absolute atomic E-state index is 0.0626. The van der Waals surface area contributed by atoms with Crippen molar-refractivity contribution in [2.45, 2.75) is 235 Å². The first-order valence-corrected chi connectivity index (χ1v) is 36.0. The SMILES string of the molecule is C=Cc1ccc(C(C)(C)CC(C[CH2-])c2ccc(C(C)(C)C[CH2+])cc2)cc1.C=Cc1ccc(C(C)(C)CC(c2ccc(C(C)(C)CC([CH2-])c3ccc(C([CH2+])(C)C)cc3)cc2)C(CCC([CH2-])c2ccc(C([CH2-])(C)C)cc2)c2ccc(C(C)(C)C([CH2+])c3ccc(C([CH2+])(C)C)cc3)cc2)cc1. The summed E-state index contributed by atoms with van der Waals surface area (Å²) in [6.07, 6.45) is 10.6. The first kappa shape index (κ1) is 77.1. The van der Waals surface area contributed by atoms with E-state index in [2.05, 4.69) is 360 Å². The number of benzene rings is 8. The zero-order valence-electron chi connectivity index (χ0n) is 63.1. The summed E-state index contributed by atoms with van der Waals surface area (Å²) in [5, 5.41) is 0. The average molecular weight is 1290 g/mol. The normalized spacial score (nSPS) is 14.7. The molecule has 0 radical (unpaired) electrons. The van der Waals surface area contributed by atoms with Gasteiger partial charge in [-0.3, -0.25) is 0 Å². The smallest absolute Gasteiger partial charge is 0.129 e. The van der Waals surface area contributed by atoms with Gasteiger partial charge in [-0.1, -0.05) is 332 Å². The molecule has 0 saturated heterocycles. The Morgan fingerprint density at radius 2 is 0.680 bits per heavy atom. The lowest BCUT2D eigenvalue weighted by atomic mass is 9.67. The summed E-state index contributed by atoms with van der Waals surface area (Å²) < 4.78 is 0. The van der Waals surface area contributed by atoms with Crippen molar-refractivity contribution < 1.29 is 0 Å². The van der Waals surface area contributed by atoms with Gasteiger partial charge in [0.15, 0.2) is 0 Å². The molecule has 0 aromatic heterocycles. The summed E-state index contributed by atoms with van der Waals surface area (Å²) in [5.41, 5.74) is 20.1. The fraction of sp³-hybridized carbons (Fsp3) is 0.381. The second-order valence-corrected chi connectivity index (χ2v) is 33.9. The minimum atomic E-state index is -0.204. The van der Waals surface area contributed by atoms with E-state index in [4.69, 9.17) is 13.8 Å². The van der Waals surface area contributed by atoms with E-state index in [1.54, 1.807) is 0 Å². The summed E-state index contributed by atoms with van der Waals surface area (Å²) in [6.45, 7) is 80.0. The lowest BCUT2D eigenvalue weighted by Gasteiger charge is -2.37. The maximum atomic E-state index is 4.81. The van der Waals surface area contributed by atoms with Gasteiger partial charge in [0.1, 0.15) is 16.7 Å². The highest BCUT2D eigenvalue weighted by Gasteiger charge is 2.38. The molecule has 0 aliphatic carbocycles. The van der Waals surface area contributed by atoms with Crippen LogP contribution in [0.3, 0.4) is 0 Å². The fourth-order valence-corrected chi connectivity index (χ4v) is 14.3. The monoisotopic (exact) mass is 1290 g/mol. The summed E-state index contributed by atoms with van der Waals surface area (Å²) in [5.74, 6) is 1.27. The highest BCUT2D eigenvalue weighted by molar-refractivity contribution is 5.50. The Kier molecular flexibility index (Phi) is 24.9. The van der Waals surface area contributed by atoms with Crippen molar-refractivity contribution in [2.75, 3.05) is 0 Å². The minimum Gasteiger partial charge on any atom is -0.343 e. The van der Waals surface area contributed by atoms with Crippen LogP contribution in [0.4, 0.5) is 0 Å². The van der Waals surface area contributed by atoms with Crippen LogP contribution in [0, 0.1) is 55.4 Å². The lowest BCUT2D eigenvalue weighted by molar-refractivity contribution is 0.366. The van der Waals surface area contributed by atoms with Gasteiger partial charge in [-0.2, -0.15) is 6.42 Å². The largest absolute Gasteiger partial charge is 0.343 e. The third kappa shape index (κ3) is 19.8. The average Bonchev–Trinajstić information content (AvgIpc) is 0.788. The summed E-state index contributed by atoms with van der Waals surface area (Å²) in [6, 6.07) is 73.2. The molecule has 0 amide bonds. The molecule has 0 heterocycles. The van der Waals surface area contributed by atoms with Gasteiger partial charge >= 0.3 is 0 Å². The van der Waals surface area contributed by atoms with Gasteiger partial charge in [0, 0.05) is 22.0 Å². The van der Waals surface area contributed by atoms with Crippen LogP contribution in [0.5, 0.6) is 0 Å². The highest BCUT2D eigenvalue weighted by Crippen LogP contribution is 2.49. The molecule has 0 N–H and O–H groups in total. The second kappa shape index (κ2) is 31.3. The molecule has 0 heteroatoms. The van der Waals surface area contributed by atoms with Gasteiger partial charge in [-0.05, 0) is 142 Å². The molecule has 0 spiro atoms. The molecule has 0 bridgehead atoms. The highest BCUT2D eigenvalue weighted by atomic mass is 14.4. The van der Waals surface area contributed by atoms with E-state index in [0.717, 1.165) is 50.5 Å². The molecular formula is C97H122. The third-order valence-corrected chi connectivity index (χ3v) is 22.0. The van der Waals surface area contributed by atoms with Gasteiger partial charge in [-0.25, -0.2) is 0 Å². The maximum absolute atomic E-state index is 4.81. The Balaban J connectivity index is 0.000000425. The van der Waals surface area contributed by atoms with Crippen LogP contribution < -0.4 is 0 Å². The van der Waals surface area contributed by atoms with E-state index in [-0.39, 0.29) is 72.9 Å². The molecular weight excluding hydrogens is 1170 g/mol.